The predicted molar refractivity (Wildman–Crippen MR) is 132 cm³/mol. The summed E-state index contributed by atoms with van der Waals surface area (Å²) < 4.78 is 2.11. The zero-order valence-corrected chi connectivity index (χ0v) is 19.5. The lowest BCUT2D eigenvalue weighted by Crippen LogP contribution is -2.22. The van der Waals surface area contributed by atoms with Crippen molar-refractivity contribution in [2.45, 2.75) is 37.9 Å². The summed E-state index contributed by atoms with van der Waals surface area (Å²) in [5.74, 6) is 1.77. The summed E-state index contributed by atoms with van der Waals surface area (Å²) in [6.45, 7) is 2.59. The van der Waals surface area contributed by atoms with E-state index in [4.69, 9.17) is 0 Å². The highest BCUT2D eigenvalue weighted by atomic mass is 32.2. The second kappa shape index (κ2) is 11.4. The van der Waals surface area contributed by atoms with Gasteiger partial charge in [0.1, 0.15) is 0 Å². The molecule has 0 spiro atoms. The Hall–Kier alpha value is -3.45. The Morgan fingerprint density at radius 2 is 1.79 bits per heavy atom. The first-order valence-corrected chi connectivity index (χ1v) is 12.1. The molecule has 0 fully saturated rings. The average Bonchev–Trinajstić information content (AvgIpc) is 3.28. The van der Waals surface area contributed by atoms with Gasteiger partial charge in [-0.25, -0.2) is 0 Å². The van der Waals surface area contributed by atoms with Crippen molar-refractivity contribution in [1.29, 1.82) is 0 Å². The van der Waals surface area contributed by atoms with Crippen molar-refractivity contribution in [3.05, 3.63) is 90.3 Å². The highest BCUT2D eigenvalue weighted by Crippen LogP contribution is 2.28. The van der Waals surface area contributed by atoms with E-state index in [2.05, 4.69) is 68.4 Å². The molecule has 4 aromatic rings. The maximum Gasteiger partial charge on any atom is 0.220 e. The molecule has 1 N–H and O–H groups in total. The summed E-state index contributed by atoms with van der Waals surface area (Å²) in [5.41, 5.74) is 4.29. The SMILES string of the molecule is Cc1ccc(-c2nnc(SCCCCC(=O)NCc3cccnc3)n2-c2ccccc2)cc1. The smallest absolute Gasteiger partial charge is 0.220 e. The van der Waals surface area contributed by atoms with Gasteiger partial charge < -0.3 is 5.32 Å². The second-order valence-electron chi connectivity index (χ2n) is 7.79. The second-order valence-corrected chi connectivity index (χ2v) is 8.85. The number of aromatic nitrogens is 4. The fourth-order valence-electron chi connectivity index (χ4n) is 3.41. The molecule has 33 heavy (non-hydrogen) atoms. The summed E-state index contributed by atoms with van der Waals surface area (Å²) >= 11 is 1.67. The van der Waals surface area contributed by atoms with Crippen LogP contribution in [0.4, 0.5) is 0 Å². The first-order chi connectivity index (χ1) is 16.2. The molecule has 2 heterocycles. The first-order valence-electron chi connectivity index (χ1n) is 11.1. The van der Waals surface area contributed by atoms with Gasteiger partial charge in [-0.2, -0.15) is 0 Å². The molecule has 7 heteroatoms. The monoisotopic (exact) mass is 457 g/mol. The lowest BCUT2D eigenvalue weighted by molar-refractivity contribution is -0.121. The van der Waals surface area contributed by atoms with Crippen LogP contribution < -0.4 is 5.32 Å². The third kappa shape index (κ3) is 6.29. The maximum atomic E-state index is 12.1. The molecule has 168 valence electrons. The standard InChI is InChI=1S/C26H27N5OS/c1-20-12-14-22(15-13-20)25-29-30-26(31(25)23-9-3-2-4-10-23)33-17-6-5-11-24(32)28-19-21-8-7-16-27-18-21/h2-4,7-10,12-16,18H,5-6,11,17,19H2,1H3,(H,28,32). The number of carbonyl (C=O) groups is 1. The van der Waals surface area contributed by atoms with Gasteiger partial charge in [0.25, 0.3) is 0 Å². The van der Waals surface area contributed by atoms with Gasteiger partial charge in [0.05, 0.1) is 0 Å². The van der Waals surface area contributed by atoms with Crippen molar-refractivity contribution in [2.75, 3.05) is 5.75 Å². The van der Waals surface area contributed by atoms with Gasteiger partial charge in [-0.05, 0) is 43.5 Å². The van der Waals surface area contributed by atoms with Crippen LogP contribution in [0.25, 0.3) is 17.1 Å². The summed E-state index contributed by atoms with van der Waals surface area (Å²) in [5, 5.41) is 12.8. The van der Waals surface area contributed by atoms with Crippen LogP contribution in [0.3, 0.4) is 0 Å². The number of rotatable bonds is 10. The van der Waals surface area contributed by atoms with Crippen molar-refractivity contribution in [1.82, 2.24) is 25.1 Å². The van der Waals surface area contributed by atoms with E-state index in [0.717, 1.165) is 46.4 Å². The summed E-state index contributed by atoms with van der Waals surface area (Å²) in [4.78, 5) is 16.2. The quantitative estimate of drug-likeness (QED) is 0.261. The number of carbonyl (C=O) groups excluding carboxylic acids is 1. The summed E-state index contributed by atoms with van der Waals surface area (Å²) in [6.07, 6.45) is 5.76. The summed E-state index contributed by atoms with van der Waals surface area (Å²) in [6, 6.07) is 22.3. The molecule has 4 rings (SSSR count). The Kier molecular flexibility index (Phi) is 7.87. The van der Waals surface area contributed by atoms with Gasteiger partial charge in [-0.1, -0.05) is 65.9 Å². The fourth-order valence-corrected chi connectivity index (χ4v) is 4.36. The van der Waals surface area contributed by atoms with Crippen LogP contribution in [-0.2, 0) is 11.3 Å². The van der Waals surface area contributed by atoms with E-state index < -0.39 is 0 Å². The van der Waals surface area contributed by atoms with Gasteiger partial charge in [-0.15, -0.1) is 10.2 Å². The van der Waals surface area contributed by atoms with Gasteiger partial charge in [0.2, 0.25) is 5.91 Å². The van der Waals surface area contributed by atoms with Crippen LogP contribution >= 0.6 is 11.8 Å². The number of nitrogens with one attached hydrogen (secondary N) is 1. The number of pyridine rings is 1. The van der Waals surface area contributed by atoms with Crippen molar-refractivity contribution in [2.24, 2.45) is 0 Å². The van der Waals surface area contributed by atoms with E-state index in [1.165, 1.54) is 5.56 Å². The third-order valence-corrected chi connectivity index (χ3v) is 6.21. The Balaban J connectivity index is 1.33. The Bertz CT molecular complexity index is 1160. The lowest BCUT2D eigenvalue weighted by Gasteiger charge is -2.10. The van der Waals surface area contributed by atoms with Crippen LogP contribution in [0.1, 0.15) is 30.4 Å². The number of aryl methyl sites for hydroxylation is 1. The lowest BCUT2D eigenvalue weighted by atomic mass is 10.1. The van der Waals surface area contributed by atoms with E-state index in [-0.39, 0.29) is 5.91 Å². The molecule has 6 nitrogen and oxygen atoms in total. The molecule has 0 saturated heterocycles. The van der Waals surface area contributed by atoms with E-state index in [9.17, 15) is 4.79 Å². The molecule has 0 aliphatic rings. The normalized spacial score (nSPS) is 10.8. The molecule has 2 aromatic carbocycles. The highest BCUT2D eigenvalue weighted by molar-refractivity contribution is 7.99. The molecule has 1 amide bonds. The zero-order valence-electron chi connectivity index (χ0n) is 18.6. The predicted octanol–water partition coefficient (Wildman–Crippen LogP) is 5.22. The van der Waals surface area contributed by atoms with E-state index in [1.807, 2.05) is 30.3 Å². The highest BCUT2D eigenvalue weighted by Gasteiger charge is 2.16. The van der Waals surface area contributed by atoms with E-state index in [1.54, 1.807) is 24.2 Å². The molecule has 0 bridgehead atoms. The number of amides is 1. The molecule has 0 radical (unpaired) electrons. The molecule has 0 aliphatic carbocycles. The summed E-state index contributed by atoms with van der Waals surface area (Å²) in [7, 11) is 0. The largest absolute Gasteiger partial charge is 0.352 e. The van der Waals surface area contributed by atoms with Gasteiger partial charge in [0, 0.05) is 42.4 Å². The van der Waals surface area contributed by atoms with Crippen molar-refractivity contribution in [3.8, 4) is 17.1 Å². The van der Waals surface area contributed by atoms with Gasteiger partial charge >= 0.3 is 0 Å². The van der Waals surface area contributed by atoms with Crippen LogP contribution in [0, 0.1) is 6.92 Å². The van der Waals surface area contributed by atoms with Crippen LogP contribution in [0.15, 0.2) is 84.3 Å². The van der Waals surface area contributed by atoms with Gasteiger partial charge in [0.15, 0.2) is 11.0 Å². The minimum absolute atomic E-state index is 0.0676. The number of hydrogen-bond acceptors (Lipinski definition) is 5. The molecule has 0 aliphatic heterocycles. The number of para-hydroxylation sites is 1. The van der Waals surface area contributed by atoms with Crippen LogP contribution in [0.2, 0.25) is 0 Å². The fraction of sp³-hybridized carbons (Fsp3) is 0.231. The van der Waals surface area contributed by atoms with Crippen molar-refractivity contribution >= 4 is 17.7 Å². The van der Waals surface area contributed by atoms with E-state index >= 15 is 0 Å². The van der Waals surface area contributed by atoms with Crippen molar-refractivity contribution in [3.63, 3.8) is 0 Å². The minimum Gasteiger partial charge on any atom is -0.352 e. The number of hydrogen-bond donors (Lipinski definition) is 1. The molecular formula is C26H27N5OS. The minimum atomic E-state index is 0.0676. The maximum absolute atomic E-state index is 12.1. The average molecular weight is 458 g/mol. The number of thioether (sulfide) groups is 1. The van der Waals surface area contributed by atoms with Crippen LogP contribution in [-0.4, -0.2) is 31.4 Å². The Labute approximate surface area is 198 Å². The van der Waals surface area contributed by atoms with E-state index in [0.29, 0.717) is 13.0 Å². The molecule has 2 aromatic heterocycles. The molecule has 0 saturated carbocycles. The number of unbranched alkanes of at least 4 members (excludes halogenated alkanes) is 1. The first kappa shape index (κ1) is 22.7. The molecule has 0 atom stereocenters. The Morgan fingerprint density at radius 1 is 0.970 bits per heavy atom. The topological polar surface area (TPSA) is 72.7 Å². The molecule has 0 unspecified atom stereocenters. The van der Waals surface area contributed by atoms with Crippen molar-refractivity contribution < 1.29 is 4.79 Å². The third-order valence-electron chi connectivity index (χ3n) is 5.20. The number of nitrogens with zero attached hydrogens (tertiary/aromatic N) is 4. The molecular weight excluding hydrogens is 430 g/mol. The van der Waals surface area contributed by atoms with Crippen LogP contribution in [0.5, 0.6) is 0 Å². The zero-order chi connectivity index (χ0) is 22.9. The van der Waals surface area contributed by atoms with Gasteiger partial charge in [-0.3, -0.25) is 14.3 Å². The Morgan fingerprint density at radius 3 is 2.55 bits per heavy atom. The number of benzene rings is 2.